The van der Waals surface area contributed by atoms with Crippen LogP contribution in [-0.4, -0.2) is 45.2 Å². The third kappa shape index (κ3) is 4.23. The quantitative estimate of drug-likeness (QED) is 0.470. The van der Waals surface area contributed by atoms with Gasteiger partial charge >= 0.3 is 0 Å². The number of nitrogens with one attached hydrogen (secondary N) is 1. The zero-order valence-corrected chi connectivity index (χ0v) is 20.6. The molecule has 2 aliphatic rings. The molecule has 3 aromatic rings. The molecule has 0 unspecified atom stereocenters. The van der Waals surface area contributed by atoms with Gasteiger partial charge in [-0.1, -0.05) is 25.1 Å². The Morgan fingerprint density at radius 2 is 1.86 bits per heavy atom. The maximum absolute atomic E-state index is 12.9. The van der Waals surface area contributed by atoms with E-state index in [1.54, 1.807) is 13.2 Å². The predicted molar refractivity (Wildman–Crippen MR) is 140 cm³/mol. The van der Waals surface area contributed by atoms with Crippen molar-refractivity contribution in [1.82, 2.24) is 9.58 Å². The largest absolute Gasteiger partial charge is 0.497 e. The first kappa shape index (κ1) is 22.9. The van der Waals surface area contributed by atoms with Gasteiger partial charge in [0.15, 0.2) is 5.84 Å². The molecule has 2 aliphatic heterocycles. The minimum Gasteiger partial charge on any atom is -0.497 e. The fraction of sp³-hybridized carbons (Fsp3) is 0.231. The van der Waals surface area contributed by atoms with E-state index >= 15 is 0 Å². The summed E-state index contributed by atoms with van der Waals surface area (Å²) >= 11 is 1.34. The van der Waals surface area contributed by atoms with Crippen LogP contribution >= 0.6 is 11.8 Å². The smallest absolute Gasteiger partial charge is 0.283 e. The van der Waals surface area contributed by atoms with Crippen molar-refractivity contribution in [2.24, 2.45) is 10.1 Å². The lowest BCUT2D eigenvalue weighted by Crippen LogP contribution is -2.35. The molecule has 0 saturated carbocycles. The summed E-state index contributed by atoms with van der Waals surface area (Å²) in [6.45, 7) is 5.11. The van der Waals surface area contributed by atoms with Gasteiger partial charge in [0.05, 0.1) is 19.2 Å². The summed E-state index contributed by atoms with van der Waals surface area (Å²) in [6.07, 6.45) is 2.50. The maximum Gasteiger partial charge on any atom is 0.283 e. The van der Waals surface area contributed by atoms with Gasteiger partial charge in [0, 0.05) is 22.2 Å². The molecule has 1 amide bonds. The Balaban J connectivity index is 1.45. The van der Waals surface area contributed by atoms with E-state index in [0.717, 1.165) is 45.1 Å². The third-order valence-electron chi connectivity index (χ3n) is 6.01. The van der Waals surface area contributed by atoms with E-state index in [-0.39, 0.29) is 11.4 Å². The molecule has 9 heteroatoms. The zero-order valence-electron chi connectivity index (χ0n) is 19.7. The van der Waals surface area contributed by atoms with Gasteiger partial charge in [-0.15, -0.1) is 0 Å². The van der Waals surface area contributed by atoms with Crippen LogP contribution in [0.3, 0.4) is 0 Å². The number of hydrogen-bond acceptors (Lipinski definition) is 6. The van der Waals surface area contributed by atoms with Crippen molar-refractivity contribution in [1.29, 1.82) is 5.41 Å². The number of fused-ring (bicyclic) bond motifs is 2. The summed E-state index contributed by atoms with van der Waals surface area (Å²) in [5.74, 6) is 1.19. The van der Waals surface area contributed by atoms with Gasteiger partial charge in [-0.05, 0) is 61.5 Å². The van der Waals surface area contributed by atoms with Crippen molar-refractivity contribution in [3.05, 3.63) is 65.4 Å². The monoisotopic (exact) mass is 487 g/mol. The van der Waals surface area contributed by atoms with Gasteiger partial charge < -0.3 is 14.0 Å². The van der Waals surface area contributed by atoms with Gasteiger partial charge in [-0.2, -0.15) is 15.1 Å². The van der Waals surface area contributed by atoms with Crippen molar-refractivity contribution in [3.63, 3.8) is 0 Å². The summed E-state index contributed by atoms with van der Waals surface area (Å²) in [5.41, 5.74) is 3.15. The third-order valence-corrected chi connectivity index (χ3v) is 7.06. The average molecular weight is 488 g/mol. The molecular weight excluding hydrogens is 462 g/mol. The highest BCUT2D eigenvalue weighted by Gasteiger charge is 2.35. The van der Waals surface area contributed by atoms with E-state index in [4.69, 9.17) is 14.9 Å². The molecule has 0 atom stereocenters. The van der Waals surface area contributed by atoms with E-state index in [1.165, 1.54) is 16.8 Å². The summed E-state index contributed by atoms with van der Waals surface area (Å²) in [6, 6.07) is 15.5. The molecule has 5 rings (SSSR count). The first-order valence-electron chi connectivity index (χ1n) is 11.3. The molecule has 0 saturated heterocycles. The number of methoxy groups -OCH3 is 1. The maximum atomic E-state index is 12.9. The normalized spacial score (nSPS) is 16.5. The number of benzene rings is 2. The van der Waals surface area contributed by atoms with Crippen molar-refractivity contribution >= 4 is 50.7 Å². The summed E-state index contributed by atoms with van der Waals surface area (Å²) in [4.78, 5) is 17.0. The van der Waals surface area contributed by atoms with E-state index in [0.29, 0.717) is 18.3 Å². The van der Waals surface area contributed by atoms with Crippen molar-refractivity contribution in [3.8, 4) is 11.5 Å². The lowest BCUT2D eigenvalue weighted by atomic mass is 10.1. The van der Waals surface area contributed by atoms with Crippen molar-refractivity contribution < 1.29 is 14.3 Å². The van der Waals surface area contributed by atoms with Crippen LogP contribution in [0.25, 0.3) is 17.0 Å². The fourth-order valence-electron chi connectivity index (χ4n) is 4.17. The molecule has 178 valence electrons. The Bertz CT molecular complexity index is 1420. The molecule has 0 fully saturated rings. The molecule has 2 aromatic carbocycles. The number of hydrogen-bond donors (Lipinski definition) is 1. The lowest BCUT2D eigenvalue weighted by molar-refractivity contribution is -0.114. The van der Waals surface area contributed by atoms with E-state index in [1.807, 2.05) is 56.3 Å². The summed E-state index contributed by atoms with van der Waals surface area (Å²) < 4.78 is 13.3. The molecule has 0 bridgehead atoms. The van der Waals surface area contributed by atoms with Crippen LogP contribution in [0.5, 0.6) is 11.5 Å². The first-order valence-corrected chi connectivity index (χ1v) is 12.2. The zero-order chi connectivity index (χ0) is 24.5. The van der Waals surface area contributed by atoms with Crippen LogP contribution < -0.4 is 9.47 Å². The minimum atomic E-state index is -0.416. The number of aliphatic imine (C=N–C) groups is 1. The minimum absolute atomic E-state index is 0.0509. The highest BCUT2D eigenvalue weighted by atomic mass is 32.2. The van der Waals surface area contributed by atoms with Crippen LogP contribution in [0, 0.1) is 12.3 Å². The van der Waals surface area contributed by atoms with Gasteiger partial charge in [-0.25, -0.2) is 0 Å². The number of thioether (sulfide) groups is 1. The summed E-state index contributed by atoms with van der Waals surface area (Å²) in [7, 11) is 1.63. The second-order valence-corrected chi connectivity index (χ2v) is 9.10. The molecule has 35 heavy (non-hydrogen) atoms. The van der Waals surface area contributed by atoms with Crippen LogP contribution in [0.2, 0.25) is 0 Å². The first-order chi connectivity index (χ1) is 17.0. The molecule has 1 N–H and O–H groups in total. The van der Waals surface area contributed by atoms with Gasteiger partial charge in [0.1, 0.15) is 23.1 Å². The molecule has 0 radical (unpaired) electrons. The predicted octanol–water partition coefficient (Wildman–Crippen LogP) is 5.07. The number of rotatable bonds is 7. The Morgan fingerprint density at radius 3 is 2.60 bits per heavy atom. The molecular formula is C26H25N5O3S. The van der Waals surface area contributed by atoms with E-state index < -0.39 is 5.91 Å². The molecule has 0 spiro atoms. The van der Waals surface area contributed by atoms with Gasteiger partial charge in [0.25, 0.3) is 5.91 Å². The Labute approximate surface area is 207 Å². The Kier molecular flexibility index (Phi) is 6.17. The Hall–Kier alpha value is -3.85. The molecule has 3 heterocycles. The topological polar surface area (TPSA) is 92.3 Å². The van der Waals surface area contributed by atoms with Crippen molar-refractivity contribution in [2.75, 3.05) is 13.7 Å². The second-order valence-electron chi connectivity index (χ2n) is 8.06. The second kappa shape index (κ2) is 9.42. The SMILES string of the molecule is CCC1=NN2C(=N)/C(=C\c3c(C)n(CCOc4ccc(OC)cc4)c4ccccc34)C(=O)N=C2S1. The number of aromatic nitrogens is 1. The Morgan fingerprint density at radius 1 is 1.11 bits per heavy atom. The molecule has 8 nitrogen and oxygen atoms in total. The van der Waals surface area contributed by atoms with E-state index in [9.17, 15) is 4.79 Å². The lowest BCUT2D eigenvalue weighted by Gasteiger charge is -2.20. The average Bonchev–Trinajstić information content (AvgIpc) is 3.41. The number of carbonyl (C=O) groups excluding carboxylic acids is 1. The number of para-hydroxylation sites is 1. The van der Waals surface area contributed by atoms with Crippen LogP contribution in [0.15, 0.2) is 64.2 Å². The van der Waals surface area contributed by atoms with Gasteiger partial charge in [-0.3, -0.25) is 10.2 Å². The van der Waals surface area contributed by atoms with Crippen LogP contribution in [0.1, 0.15) is 24.6 Å². The van der Waals surface area contributed by atoms with E-state index in [2.05, 4.69) is 20.7 Å². The highest BCUT2D eigenvalue weighted by Crippen LogP contribution is 2.32. The molecule has 1 aromatic heterocycles. The fourth-order valence-corrected chi connectivity index (χ4v) is 5.00. The van der Waals surface area contributed by atoms with Crippen LogP contribution in [0.4, 0.5) is 0 Å². The van der Waals surface area contributed by atoms with Crippen LogP contribution in [-0.2, 0) is 11.3 Å². The van der Waals surface area contributed by atoms with Gasteiger partial charge in [0.2, 0.25) is 5.17 Å². The number of ether oxygens (including phenoxy) is 2. The number of hydrazone groups is 1. The standard InChI is InChI=1S/C26H25N5O3S/c1-4-23-29-31-24(27)21(25(32)28-26(31)35-23)15-20-16(2)30(22-8-6-5-7-19(20)22)13-14-34-18-11-9-17(33-3)10-12-18/h5-12,15,27H,4,13-14H2,1-3H3/b21-15+,27-24?. The molecule has 0 aliphatic carbocycles. The van der Waals surface area contributed by atoms with Crippen molar-refractivity contribution in [2.45, 2.75) is 26.8 Å². The summed E-state index contributed by atoms with van der Waals surface area (Å²) in [5, 5.41) is 16.8. The number of amidine groups is 2. The highest BCUT2D eigenvalue weighted by molar-refractivity contribution is 8.26. The number of carbonyl (C=O) groups is 1. The number of amides is 1. The number of nitrogens with zero attached hydrogens (tertiary/aromatic N) is 4.